The molecule has 2 aromatic rings. The number of benzene rings is 1. The number of halogens is 2. The molecular weight excluding hydrogens is 232 g/mol. The second-order valence-electron chi connectivity index (χ2n) is 3.29. The van der Waals surface area contributed by atoms with E-state index < -0.39 is 23.5 Å². The Hall–Kier alpha value is -2.11. The molecule has 4 nitrogen and oxygen atoms in total. The van der Waals surface area contributed by atoms with Crippen LogP contribution in [0.4, 0.5) is 13.6 Å². The number of rotatable bonds is 1. The van der Waals surface area contributed by atoms with Crippen molar-refractivity contribution in [2.45, 2.75) is 0 Å². The first-order valence-electron chi connectivity index (χ1n) is 4.71. The number of ether oxygens (including phenoxy) is 2. The zero-order valence-electron chi connectivity index (χ0n) is 9.16. The van der Waals surface area contributed by atoms with E-state index in [0.29, 0.717) is 0 Å². The molecule has 0 radical (unpaired) electrons. The van der Waals surface area contributed by atoms with Crippen molar-refractivity contribution < 1.29 is 23.0 Å². The minimum absolute atomic E-state index is 0.0904. The van der Waals surface area contributed by atoms with E-state index in [1.165, 1.54) is 26.5 Å². The summed E-state index contributed by atoms with van der Waals surface area (Å²) in [6.07, 6.45) is 0.585. The molecule has 6 heteroatoms. The predicted molar refractivity (Wildman–Crippen MR) is 56.2 cm³/mol. The fourth-order valence-electron chi connectivity index (χ4n) is 1.63. The first-order chi connectivity index (χ1) is 8.10. The Morgan fingerprint density at radius 3 is 2.65 bits per heavy atom. The number of hydrogen-bond acceptors (Lipinski definition) is 3. The summed E-state index contributed by atoms with van der Waals surface area (Å²) in [5.74, 6) is -2.19. The quantitative estimate of drug-likeness (QED) is 0.770. The van der Waals surface area contributed by atoms with Gasteiger partial charge in [-0.25, -0.2) is 13.6 Å². The maximum absolute atomic E-state index is 13.8. The van der Waals surface area contributed by atoms with Crippen LogP contribution in [0.15, 0.2) is 18.3 Å². The third-order valence-electron chi connectivity index (χ3n) is 2.42. The fourth-order valence-corrected chi connectivity index (χ4v) is 1.63. The second-order valence-corrected chi connectivity index (χ2v) is 3.29. The largest absolute Gasteiger partial charge is 0.491 e. The highest BCUT2D eigenvalue weighted by Crippen LogP contribution is 2.30. The Kier molecular flexibility index (Phi) is 2.71. The van der Waals surface area contributed by atoms with Crippen LogP contribution in [0.2, 0.25) is 0 Å². The summed E-state index contributed by atoms with van der Waals surface area (Å²) in [5.41, 5.74) is 0.0904. The maximum atomic E-state index is 13.8. The van der Waals surface area contributed by atoms with E-state index in [4.69, 9.17) is 0 Å². The Balaban J connectivity index is 2.76. The van der Waals surface area contributed by atoms with Gasteiger partial charge in [-0.2, -0.15) is 0 Å². The molecule has 1 heterocycles. The van der Waals surface area contributed by atoms with E-state index in [2.05, 4.69) is 9.47 Å². The van der Waals surface area contributed by atoms with Crippen molar-refractivity contribution in [2.75, 3.05) is 14.2 Å². The lowest BCUT2D eigenvalue weighted by molar-refractivity contribution is 0.174. The molecule has 0 unspecified atom stereocenters. The van der Waals surface area contributed by atoms with E-state index in [-0.39, 0.29) is 10.9 Å². The number of nitrogens with zero attached hydrogens (tertiary/aromatic N) is 1. The van der Waals surface area contributed by atoms with E-state index in [9.17, 15) is 13.6 Å². The number of aromatic nitrogens is 1. The lowest BCUT2D eigenvalue weighted by Crippen LogP contribution is -2.09. The monoisotopic (exact) mass is 241 g/mol. The van der Waals surface area contributed by atoms with E-state index in [1.54, 1.807) is 0 Å². The standard InChI is InChI=1S/C11H9F2NO3/c1-16-10-7(12)5-8-6(9(10)13)3-4-14(8)11(15)17-2/h3-5H,1-2H3. The van der Waals surface area contributed by atoms with Crippen LogP contribution in [0.5, 0.6) is 5.75 Å². The van der Waals surface area contributed by atoms with Crippen LogP contribution in [0.1, 0.15) is 0 Å². The SMILES string of the molecule is COC(=O)n1ccc2c(F)c(OC)c(F)cc21. The first kappa shape index (κ1) is 11.4. The minimum Gasteiger partial charge on any atom is -0.491 e. The molecule has 0 aliphatic heterocycles. The highest BCUT2D eigenvalue weighted by Gasteiger charge is 2.18. The molecule has 2 rings (SSSR count). The lowest BCUT2D eigenvalue weighted by atomic mass is 10.2. The average Bonchev–Trinajstić information content (AvgIpc) is 2.72. The number of hydrogen-bond donors (Lipinski definition) is 0. The highest BCUT2D eigenvalue weighted by molar-refractivity contribution is 5.90. The van der Waals surface area contributed by atoms with Gasteiger partial charge in [0.15, 0.2) is 17.4 Å². The van der Waals surface area contributed by atoms with Gasteiger partial charge in [0, 0.05) is 17.6 Å². The molecule has 0 saturated carbocycles. The minimum atomic E-state index is -0.874. The van der Waals surface area contributed by atoms with Crippen LogP contribution >= 0.6 is 0 Å². The van der Waals surface area contributed by atoms with Gasteiger partial charge in [0.2, 0.25) is 0 Å². The number of carbonyl (C=O) groups is 1. The van der Waals surface area contributed by atoms with E-state index in [1.807, 2.05) is 0 Å². The summed E-state index contributed by atoms with van der Waals surface area (Å²) in [4.78, 5) is 11.3. The smallest absolute Gasteiger partial charge is 0.418 e. The van der Waals surface area contributed by atoms with E-state index in [0.717, 1.165) is 10.6 Å². The molecular formula is C11H9F2NO3. The fraction of sp³-hybridized carbons (Fsp3) is 0.182. The Labute approximate surface area is 95.3 Å². The van der Waals surface area contributed by atoms with Gasteiger partial charge >= 0.3 is 6.09 Å². The van der Waals surface area contributed by atoms with Crippen molar-refractivity contribution in [3.63, 3.8) is 0 Å². The Morgan fingerprint density at radius 2 is 2.06 bits per heavy atom. The zero-order chi connectivity index (χ0) is 12.6. The molecule has 1 aromatic carbocycles. The third-order valence-corrected chi connectivity index (χ3v) is 2.42. The maximum Gasteiger partial charge on any atom is 0.418 e. The third kappa shape index (κ3) is 1.61. The molecule has 0 aliphatic carbocycles. The molecule has 0 saturated heterocycles. The van der Waals surface area contributed by atoms with Crippen molar-refractivity contribution in [1.29, 1.82) is 0 Å². The molecule has 0 fully saturated rings. The van der Waals surface area contributed by atoms with Crippen molar-refractivity contribution >= 4 is 17.0 Å². The Bertz CT molecular complexity index is 592. The van der Waals surface area contributed by atoms with E-state index >= 15 is 0 Å². The van der Waals surface area contributed by atoms with Crippen molar-refractivity contribution in [1.82, 2.24) is 4.57 Å². The lowest BCUT2D eigenvalue weighted by Gasteiger charge is -2.06. The molecule has 90 valence electrons. The van der Waals surface area contributed by atoms with Crippen molar-refractivity contribution in [3.05, 3.63) is 30.0 Å². The van der Waals surface area contributed by atoms with Gasteiger partial charge in [-0.05, 0) is 6.07 Å². The molecule has 0 spiro atoms. The summed E-state index contributed by atoms with van der Waals surface area (Å²) in [6.45, 7) is 0. The second kappa shape index (κ2) is 4.04. The average molecular weight is 241 g/mol. The van der Waals surface area contributed by atoms with Gasteiger partial charge in [0.05, 0.1) is 19.7 Å². The Morgan fingerprint density at radius 1 is 1.35 bits per heavy atom. The zero-order valence-corrected chi connectivity index (χ0v) is 9.16. The number of carbonyl (C=O) groups excluding carboxylic acids is 1. The van der Waals surface area contributed by atoms with Crippen LogP contribution in [-0.2, 0) is 4.74 Å². The van der Waals surface area contributed by atoms with Gasteiger partial charge in [-0.3, -0.25) is 4.57 Å². The number of fused-ring (bicyclic) bond motifs is 1. The molecule has 0 atom stereocenters. The molecule has 0 N–H and O–H groups in total. The topological polar surface area (TPSA) is 40.5 Å². The van der Waals surface area contributed by atoms with Gasteiger partial charge in [-0.1, -0.05) is 0 Å². The molecule has 17 heavy (non-hydrogen) atoms. The van der Waals surface area contributed by atoms with Gasteiger partial charge in [0.1, 0.15) is 0 Å². The predicted octanol–water partition coefficient (Wildman–Crippen LogP) is 2.54. The molecule has 0 amide bonds. The summed E-state index contributed by atoms with van der Waals surface area (Å²) in [6, 6.07) is 2.37. The van der Waals surface area contributed by atoms with Crippen LogP contribution < -0.4 is 4.74 Å². The first-order valence-corrected chi connectivity index (χ1v) is 4.71. The number of methoxy groups -OCH3 is 2. The highest BCUT2D eigenvalue weighted by atomic mass is 19.1. The molecule has 1 aromatic heterocycles. The summed E-state index contributed by atoms with van der Waals surface area (Å²) in [7, 11) is 2.36. The van der Waals surface area contributed by atoms with Gasteiger partial charge in [-0.15, -0.1) is 0 Å². The van der Waals surface area contributed by atoms with Crippen LogP contribution in [0.3, 0.4) is 0 Å². The van der Waals surface area contributed by atoms with Crippen LogP contribution in [-0.4, -0.2) is 24.9 Å². The van der Waals surface area contributed by atoms with Gasteiger partial charge < -0.3 is 9.47 Å². The normalized spacial score (nSPS) is 10.6. The van der Waals surface area contributed by atoms with Crippen LogP contribution in [0.25, 0.3) is 10.9 Å². The summed E-state index contributed by atoms with van der Waals surface area (Å²) in [5, 5.41) is 0.0913. The van der Waals surface area contributed by atoms with Crippen LogP contribution in [0, 0.1) is 11.6 Å². The summed E-state index contributed by atoms with van der Waals surface area (Å²) < 4.78 is 37.4. The van der Waals surface area contributed by atoms with Crippen molar-refractivity contribution in [3.8, 4) is 5.75 Å². The molecule has 0 aliphatic rings. The van der Waals surface area contributed by atoms with Gasteiger partial charge in [0.25, 0.3) is 0 Å². The summed E-state index contributed by atoms with van der Waals surface area (Å²) >= 11 is 0. The molecule has 0 bridgehead atoms. The van der Waals surface area contributed by atoms with Crippen molar-refractivity contribution in [2.24, 2.45) is 0 Å².